The van der Waals surface area contributed by atoms with E-state index in [4.69, 9.17) is 4.74 Å². The highest BCUT2D eigenvalue weighted by Crippen LogP contribution is 2.26. The summed E-state index contributed by atoms with van der Waals surface area (Å²) >= 11 is 3.69. The summed E-state index contributed by atoms with van der Waals surface area (Å²) in [5.41, 5.74) is 0. The molecule has 1 fully saturated rings. The highest BCUT2D eigenvalue weighted by atomic mass is 32.1. The predicted molar refractivity (Wildman–Crippen MR) is 86.6 cm³/mol. The molecule has 1 aliphatic heterocycles. The molecule has 0 saturated carbocycles. The number of nitrogens with one attached hydrogen (secondary N) is 1. The van der Waals surface area contributed by atoms with Crippen LogP contribution in [0.5, 0.6) is 0 Å². The molecule has 20 heavy (non-hydrogen) atoms. The monoisotopic (exact) mass is 307 g/mol. The minimum atomic E-state index is 0.397. The molecule has 3 heterocycles. The van der Waals surface area contributed by atoms with Crippen molar-refractivity contribution in [1.82, 2.24) is 5.32 Å². The van der Waals surface area contributed by atoms with Crippen LogP contribution in [-0.2, 0) is 11.2 Å². The maximum absolute atomic E-state index is 5.66. The molecule has 4 heteroatoms. The van der Waals surface area contributed by atoms with Crippen molar-refractivity contribution in [2.45, 2.75) is 31.9 Å². The maximum atomic E-state index is 5.66. The molecule has 1 saturated heterocycles. The first-order chi connectivity index (χ1) is 9.83. The topological polar surface area (TPSA) is 21.3 Å². The summed E-state index contributed by atoms with van der Waals surface area (Å²) < 4.78 is 5.66. The van der Waals surface area contributed by atoms with Crippen molar-refractivity contribution in [2.75, 3.05) is 13.2 Å². The van der Waals surface area contributed by atoms with E-state index in [0.29, 0.717) is 18.1 Å². The fraction of sp³-hybridized carbons (Fsp3) is 0.500. The van der Waals surface area contributed by atoms with Crippen LogP contribution in [0.4, 0.5) is 0 Å². The molecule has 0 radical (unpaired) electrons. The van der Waals surface area contributed by atoms with Crippen molar-refractivity contribution in [2.24, 2.45) is 5.92 Å². The summed E-state index contributed by atoms with van der Waals surface area (Å²) in [6.45, 7) is 4.16. The molecule has 0 aromatic carbocycles. The zero-order valence-corrected chi connectivity index (χ0v) is 13.4. The molecule has 3 atom stereocenters. The van der Waals surface area contributed by atoms with Crippen LogP contribution < -0.4 is 5.32 Å². The molecular weight excluding hydrogens is 286 g/mol. The average molecular weight is 307 g/mol. The standard InChI is InChI=1S/C16H21NOS2/c1-12-13(6-7-18-12)11-17-15(16-5-3-9-20-16)10-14-4-2-8-19-14/h2-5,8-9,12-13,15,17H,6-7,10-11H2,1H3. The van der Waals surface area contributed by atoms with Gasteiger partial charge in [-0.25, -0.2) is 0 Å². The minimum absolute atomic E-state index is 0.397. The largest absolute Gasteiger partial charge is 0.378 e. The SMILES string of the molecule is CC1OCCC1CNC(Cc1cccs1)c1cccs1. The maximum Gasteiger partial charge on any atom is 0.0588 e. The van der Waals surface area contributed by atoms with Gasteiger partial charge in [-0.15, -0.1) is 22.7 Å². The second kappa shape index (κ2) is 6.85. The Kier molecular flexibility index (Phi) is 4.89. The average Bonchev–Trinajstić information content (AvgIpc) is 3.18. The summed E-state index contributed by atoms with van der Waals surface area (Å²) in [5, 5.41) is 8.10. The first kappa shape index (κ1) is 14.3. The van der Waals surface area contributed by atoms with Crippen LogP contribution >= 0.6 is 22.7 Å². The molecule has 0 bridgehead atoms. The third kappa shape index (κ3) is 3.50. The Morgan fingerprint density at radius 3 is 2.80 bits per heavy atom. The molecule has 1 N–H and O–H groups in total. The molecule has 2 aromatic rings. The van der Waals surface area contributed by atoms with Crippen LogP contribution in [0.2, 0.25) is 0 Å². The zero-order chi connectivity index (χ0) is 13.8. The van der Waals surface area contributed by atoms with Gasteiger partial charge >= 0.3 is 0 Å². The van der Waals surface area contributed by atoms with Gasteiger partial charge in [0.05, 0.1) is 6.10 Å². The molecule has 1 aliphatic rings. The third-order valence-corrected chi connectivity index (χ3v) is 5.92. The van der Waals surface area contributed by atoms with Crippen LogP contribution in [0.25, 0.3) is 0 Å². The first-order valence-corrected chi connectivity index (χ1v) is 8.99. The van der Waals surface area contributed by atoms with Gasteiger partial charge in [-0.3, -0.25) is 0 Å². The number of thiophene rings is 2. The Labute approximate surface area is 128 Å². The highest BCUT2D eigenvalue weighted by molar-refractivity contribution is 7.10. The molecule has 0 aliphatic carbocycles. The van der Waals surface area contributed by atoms with Crippen LogP contribution in [0.3, 0.4) is 0 Å². The molecule has 3 unspecified atom stereocenters. The van der Waals surface area contributed by atoms with Gasteiger partial charge in [0.15, 0.2) is 0 Å². The summed E-state index contributed by atoms with van der Waals surface area (Å²) in [6, 6.07) is 9.18. The lowest BCUT2D eigenvalue weighted by atomic mass is 10.0. The second-order valence-electron chi connectivity index (χ2n) is 5.38. The molecule has 2 aromatic heterocycles. The van der Waals surface area contributed by atoms with Crippen molar-refractivity contribution in [3.63, 3.8) is 0 Å². The van der Waals surface area contributed by atoms with Gasteiger partial charge in [-0.2, -0.15) is 0 Å². The fourth-order valence-electron chi connectivity index (χ4n) is 2.73. The molecular formula is C16H21NOS2. The van der Waals surface area contributed by atoms with Crippen molar-refractivity contribution in [3.05, 3.63) is 44.8 Å². The van der Waals surface area contributed by atoms with Crippen LogP contribution in [0.1, 0.15) is 29.1 Å². The Balaban J connectivity index is 1.63. The van der Waals surface area contributed by atoms with E-state index in [1.807, 2.05) is 22.7 Å². The molecule has 0 spiro atoms. The number of rotatable bonds is 6. The van der Waals surface area contributed by atoms with Gasteiger partial charge in [0.25, 0.3) is 0 Å². The first-order valence-electron chi connectivity index (χ1n) is 7.23. The van der Waals surface area contributed by atoms with Crippen LogP contribution in [0, 0.1) is 5.92 Å². The molecule has 108 valence electrons. The predicted octanol–water partition coefficient (Wildman–Crippen LogP) is 4.11. The summed E-state index contributed by atoms with van der Waals surface area (Å²) in [7, 11) is 0. The minimum Gasteiger partial charge on any atom is -0.378 e. The number of hydrogen-bond donors (Lipinski definition) is 1. The van der Waals surface area contributed by atoms with Gasteiger partial charge in [0.2, 0.25) is 0 Å². The lowest BCUT2D eigenvalue weighted by molar-refractivity contribution is 0.105. The Hall–Kier alpha value is -0.680. The summed E-state index contributed by atoms with van der Waals surface area (Å²) in [4.78, 5) is 2.89. The van der Waals surface area contributed by atoms with Crippen molar-refractivity contribution in [3.8, 4) is 0 Å². The van der Waals surface area contributed by atoms with Gasteiger partial charge in [0.1, 0.15) is 0 Å². The fourth-order valence-corrected chi connectivity index (χ4v) is 4.28. The van der Waals surface area contributed by atoms with Gasteiger partial charge in [0, 0.05) is 35.4 Å². The smallest absolute Gasteiger partial charge is 0.0588 e. The lowest BCUT2D eigenvalue weighted by Crippen LogP contribution is -2.31. The number of hydrogen-bond acceptors (Lipinski definition) is 4. The normalized spacial score (nSPS) is 24.1. The van der Waals surface area contributed by atoms with Crippen molar-refractivity contribution >= 4 is 22.7 Å². The van der Waals surface area contributed by atoms with Crippen molar-refractivity contribution in [1.29, 1.82) is 0 Å². The Bertz CT molecular complexity index is 495. The quantitative estimate of drug-likeness (QED) is 0.867. The van der Waals surface area contributed by atoms with E-state index in [-0.39, 0.29) is 0 Å². The van der Waals surface area contributed by atoms with Crippen LogP contribution in [0.15, 0.2) is 35.0 Å². The van der Waals surface area contributed by atoms with E-state index in [9.17, 15) is 0 Å². The second-order valence-corrected chi connectivity index (χ2v) is 7.40. The van der Waals surface area contributed by atoms with Gasteiger partial charge < -0.3 is 10.1 Å². The van der Waals surface area contributed by atoms with E-state index < -0.39 is 0 Å². The molecule has 3 rings (SSSR count). The zero-order valence-electron chi connectivity index (χ0n) is 11.7. The Morgan fingerprint density at radius 1 is 1.30 bits per heavy atom. The third-order valence-electron chi connectivity index (χ3n) is 4.03. The van der Waals surface area contributed by atoms with E-state index in [2.05, 4.69) is 47.3 Å². The van der Waals surface area contributed by atoms with E-state index in [0.717, 1.165) is 19.6 Å². The summed E-state index contributed by atoms with van der Waals surface area (Å²) in [5.74, 6) is 0.654. The highest BCUT2D eigenvalue weighted by Gasteiger charge is 2.25. The van der Waals surface area contributed by atoms with E-state index in [1.54, 1.807) is 0 Å². The van der Waals surface area contributed by atoms with Gasteiger partial charge in [-0.05, 0) is 42.2 Å². The molecule has 0 amide bonds. The van der Waals surface area contributed by atoms with E-state index >= 15 is 0 Å². The Morgan fingerprint density at radius 2 is 2.15 bits per heavy atom. The van der Waals surface area contributed by atoms with Crippen LogP contribution in [-0.4, -0.2) is 19.3 Å². The van der Waals surface area contributed by atoms with Crippen molar-refractivity contribution < 1.29 is 4.74 Å². The van der Waals surface area contributed by atoms with E-state index in [1.165, 1.54) is 16.2 Å². The number of ether oxygens (including phenoxy) is 1. The summed E-state index contributed by atoms with van der Waals surface area (Å²) in [6.07, 6.45) is 2.66. The van der Waals surface area contributed by atoms with Gasteiger partial charge in [-0.1, -0.05) is 12.1 Å². The lowest BCUT2D eigenvalue weighted by Gasteiger charge is -2.21. The molecule has 2 nitrogen and oxygen atoms in total.